The van der Waals surface area contributed by atoms with E-state index in [4.69, 9.17) is 5.73 Å². The van der Waals surface area contributed by atoms with Crippen LogP contribution in [0.2, 0.25) is 0 Å². The topological polar surface area (TPSA) is 58.4 Å². The molecule has 3 N–H and O–H groups in total. The van der Waals surface area contributed by atoms with E-state index in [2.05, 4.69) is 26.1 Å². The molecule has 1 aliphatic heterocycles. The number of nitrogens with one attached hydrogen (secondary N) is 1. The van der Waals surface area contributed by atoms with E-state index < -0.39 is 0 Å². The molecule has 1 aromatic carbocycles. The number of halogens is 1. The molecule has 0 spiro atoms. The quantitative estimate of drug-likeness (QED) is 0.890. The van der Waals surface area contributed by atoms with Gasteiger partial charge in [-0.25, -0.2) is 0 Å². The maximum absolute atomic E-state index is 12.0. The third-order valence-electron chi connectivity index (χ3n) is 3.45. The van der Waals surface area contributed by atoms with Gasteiger partial charge in [0.25, 0.3) is 0 Å². The summed E-state index contributed by atoms with van der Waals surface area (Å²) < 4.78 is 0.904. The molecule has 1 atom stereocenters. The summed E-state index contributed by atoms with van der Waals surface area (Å²) in [4.78, 5) is 14.2. The van der Waals surface area contributed by atoms with Crippen molar-refractivity contribution in [2.45, 2.75) is 12.8 Å². The number of benzene rings is 1. The van der Waals surface area contributed by atoms with Crippen molar-refractivity contribution >= 4 is 27.5 Å². The number of carbonyl (C=O) groups excluding carboxylic acids is 1. The molecule has 1 amide bonds. The number of nitrogens with two attached hydrogens (primary N) is 1. The van der Waals surface area contributed by atoms with Crippen LogP contribution in [0.4, 0.5) is 5.69 Å². The van der Waals surface area contributed by atoms with E-state index in [1.54, 1.807) is 0 Å². The Morgan fingerprint density at radius 3 is 3.00 bits per heavy atom. The molecular weight excluding hydrogens is 306 g/mol. The van der Waals surface area contributed by atoms with Gasteiger partial charge in [-0.2, -0.15) is 0 Å². The molecule has 1 aromatic rings. The number of hydrogen-bond donors (Lipinski definition) is 2. The molecule has 0 aliphatic carbocycles. The predicted octanol–water partition coefficient (Wildman–Crippen LogP) is 2.06. The van der Waals surface area contributed by atoms with Gasteiger partial charge in [-0.05, 0) is 59.9 Å². The number of piperidine rings is 1. The van der Waals surface area contributed by atoms with Crippen molar-refractivity contribution in [3.8, 4) is 0 Å². The molecule has 0 radical (unpaired) electrons. The lowest BCUT2D eigenvalue weighted by atomic mass is 9.98. The van der Waals surface area contributed by atoms with Crippen LogP contribution in [-0.4, -0.2) is 37.0 Å². The van der Waals surface area contributed by atoms with Crippen molar-refractivity contribution in [2.75, 3.05) is 31.5 Å². The van der Waals surface area contributed by atoms with Crippen molar-refractivity contribution in [3.63, 3.8) is 0 Å². The van der Waals surface area contributed by atoms with E-state index in [1.807, 2.05) is 24.3 Å². The summed E-state index contributed by atoms with van der Waals surface area (Å²) >= 11 is 3.43. The minimum Gasteiger partial charge on any atom is -0.330 e. The summed E-state index contributed by atoms with van der Waals surface area (Å²) in [7, 11) is 0. The molecule has 5 heteroatoms. The molecule has 0 saturated carbocycles. The Kier molecular flexibility index (Phi) is 5.36. The fraction of sp³-hybridized carbons (Fsp3) is 0.500. The Bertz CT molecular complexity index is 438. The van der Waals surface area contributed by atoms with Crippen LogP contribution in [-0.2, 0) is 4.79 Å². The highest BCUT2D eigenvalue weighted by Crippen LogP contribution is 2.21. The maximum atomic E-state index is 12.0. The zero-order valence-electron chi connectivity index (χ0n) is 10.9. The van der Waals surface area contributed by atoms with Crippen molar-refractivity contribution in [3.05, 3.63) is 28.7 Å². The smallest absolute Gasteiger partial charge is 0.238 e. The van der Waals surface area contributed by atoms with Crippen molar-refractivity contribution in [1.29, 1.82) is 0 Å². The standard InChI is InChI=1S/C14H20BrN3O/c15-12-5-1-2-6-13(12)17-14(19)10-18-7-3-4-11(8-16)9-18/h1-2,5-6,11H,3-4,7-10,16H2,(H,17,19). The van der Waals surface area contributed by atoms with Crippen molar-refractivity contribution < 1.29 is 4.79 Å². The molecule has 19 heavy (non-hydrogen) atoms. The molecule has 2 rings (SSSR count). The van der Waals surface area contributed by atoms with Gasteiger partial charge < -0.3 is 11.1 Å². The maximum Gasteiger partial charge on any atom is 0.238 e. The highest BCUT2D eigenvalue weighted by atomic mass is 79.9. The second kappa shape index (κ2) is 7.03. The van der Waals surface area contributed by atoms with Crippen LogP contribution in [0.1, 0.15) is 12.8 Å². The van der Waals surface area contributed by atoms with Crippen LogP contribution < -0.4 is 11.1 Å². The zero-order valence-corrected chi connectivity index (χ0v) is 12.5. The molecule has 1 unspecified atom stereocenters. The van der Waals surface area contributed by atoms with Crippen LogP contribution in [0.3, 0.4) is 0 Å². The Hall–Kier alpha value is -0.910. The van der Waals surface area contributed by atoms with Gasteiger partial charge in [0.05, 0.1) is 12.2 Å². The number of carbonyl (C=O) groups is 1. The number of hydrogen-bond acceptors (Lipinski definition) is 3. The predicted molar refractivity (Wildman–Crippen MR) is 81.0 cm³/mol. The van der Waals surface area contributed by atoms with Crippen molar-refractivity contribution in [2.24, 2.45) is 11.7 Å². The number of likely N-dealkylation sites (tertiary alicyclic amines) is 1. The second-order valence-corrected chi connectivity index (χ2v) is 5.86. The average Bonchev–Trinajstić information content (AvgIpc) is 2.41. The van der Waals surface area contributed by atoms with Gasteiger partial charge in [0, 0.05) is 11.0 Å². The van der Waals surface area contributed by atoms with E-state index in [1.165, 1.54) is 6.42 Å². The monoisotopic (exact) mass is 325 g/mol. The Labute approximate surface area is 122 Å². The summed E-state index contributed by atoms with van der Waals surface area (Å²) in [5, 5.41) is 2.93. The molecule has 1 fully saturated rings. The Morgan fingerprint density at radius 2 is 2.26 bits per heavy atom. The molecule has 4 nitrogen and oxygen atoms in total. The van der Waals surface area contributed by atoms with E-state index in [0.717, 1.165) is 29.7 Å². The molecule has 1 heterocycles. The number of rotatable bonds is 4. The lowest BCUT2D eigenvalue weighted by Gasteiger charge is -2.31. The van der Waals surface area contributed by atoms with Crippen molar-refractivity contribution in [1.82, 2.24) is 4.90 Å². The van der Waals surface area contributed by atoms with Crippen LogP contribution in [0.25, 0.3) is 0 Å². The van der Waals surface area contributed by atoms with Crippen LogP contribution in [0.5, 0.6) is 0 Å². The van der Waals surface area contributed by atoms with E-state index in [9.17, 15) is 4.79 Å². The number of para-hydroxylation sites is 1. The summed E-state index contributed by atoms with van der Waals surface area (Å²) in [6.45, 7) is 3.07. The Balaban J connectivity index is 1.86. The number of nitrogens with zero attached hydrogens (tertiary/aromatic N) is 1. The first kappa shape index (κ1) is 14.5. The SMILES string of the molecule is NCC1CCCN(CC(=O)Nc2ccccc2Br)C1. The van der Waals surface area contributed by atoms with Gasteiger partial charge in [-0.1, -0.05) is 12.1 Å². The molecule has 1 saturated heterocycles. The minimum absolute atomic E-state index is 0.0320. The molecule has 0 aromatic heterocycles. The first-order valence-electron chi connectivity index (χ1n) is 6.66. The summed E-state index contributed by atoms with van der Waals surface area (Å²) in [5.74, 6) is 0.564. The van der Waals surface area contributed by atoms with Crippen LogP contribution >= 0.6 is 15.9 Å². The largest absolute Gasteiger partial charge is 0.330 e. The van der Waals surface area contributed by atoms with Gasteiger partial charge >= 0.3 is 0 Å². The Morgan fingerprint density at radius 1 is 1.47 bits per heavy atom. The van der Waals surface area contributed by atoms with Gasteiger partial charge in [0.15, 0.2) is 0 Å². The third kappa shape index (κ3) is 4.30. The summed E-state index contributed by atoms with van der Waals surface area (Å²) in [6, 6.07) is 7.64. The molecule has 1 aliphatic rings. The summed E-state index contributed by atoms with van der Waals surface area (Å²) in [5.41, 5.74) is 6.53. The molecular formula is C14H20BrN3O. The fourth-order valence-electron chi connectivity index (χ4n) is 2.44. The second-order valence-electron chi connectivity index (χ2n) is 5.01. The fourth-order valence-corrected chi connectivity index (χ4v) is 2.83. The molecule has 0 bridgehead atoms. The normalized spacial score (nSPS) is 20.2. The lowest BCUT2D eigenvalue weighted by molar-refractivity contribution is -0.117. The van der Waals surface area contributed by atoms with E-state index >= 15 is 0 Å². The van der Waals surface area contributed by atoms with Crippen LogP contribution in [0.15, 0.2) is 28.7 Å². The van der Waals surface area contributed by atoms with E-state index in [-0.39, 0.29) is 5.91 Å². The lowest BCUT2D eigenvalue weighted by Crippen LogP contribution is -2.42. The number of amides is 1. The number of anilines is 1. The van der Waals surface area contributed by atoms with Gasteiger partial charge in [-0.3, -0.25) is 9.69 Å². The van der Waals surface area contributed by atoms with Gasteiger partial charge in [0.2, 0.25) is 5.91 Å². The summed E-state index contributed by atoms with van der Waals surface area (Å²) in [6.07, 6.45) is 2.31. The highest BCUT2D eigenvalue weighted by Gasteiger charge is 2.20. The van der Waals surface area contributed by atoms with E-state index in [0.29, 0.717) is 19.0 Å². The van der Waals surface area contributed by atoms with Gasteiger partial charge in [-0.15, -0.1) is 0 Å². The zero-order chi connectivity index (χ0) is 13.7. The molecule has 104 valence electrons. The first-order valence-corrected chi connectivity index (χ1v) is 7.45. The first-order chi connectivity index (χ1) is 9.19. The highest BCUT2D eigenvalue weighted by molar-refractivity contribution is 9.10. The van der Waals surface area contributed by atoms with Gasteiger partial charge in [0.1, 0.15) is 0 Å². The van der Waals surface area contributed by atoms with Crippen LogP contribution in [0, 0.1) is 5.92 Å². The third-order valence-corrected chi connectivity index (χ3v) is 4.14. The average molecular weight is 326 g/mol. The minimum atomic E-state index is 0.0320.